The van der Waals surface area contributed by atoms with E-state index < -0.39 is 38.5 Å². The first-order valence-corrected chi connectivity index (χ1v) is 7.74. The third kappa shape index (κ3) is 3.01. The van der Waals surface area contributed by atoms with Crippen LogP contribution in [0.1, 0.15) is 23.7 Å². The van der Waals surface area contributed by atoms with E-state index in [0.717, 1.165) is 6.07 Å². The smallest absolute Gasteiger partial charge is 0.180 e. The largest absolute Gasteiger partial charge is 0.377 e. The molecule has 0 aliphatic carbocycles. The van der Waals surface area contributed by atoms with Crippen molar-refractivity contribution in [2.45, 2.75) is 24.7 Å². The lowest BCUT2D eigenvalue weighted by Crippen LogP contribution is -2.33. The summed E-state index contributed by atoms with van der Waals surface area (Å²) in [4.78, 5) is 11.9. The van der Waals surface area contributed by atoms with E-state index in [1.165, 1.54) is 18.2 Å². The minimum atomic E-state index is -3.61. The fourth-order valence-electron chi connectivity index (χ4n) is 2.24. The number of benzene rings is 1. The number of ether oxygens (including phenoxy) is 1. The molecule has 1 aliphatic heterocycles. The fraction of sp³-hybridized carbons (Fsp3) is 0.462. The van der Waals surface area contributed by atoms with Gasteiger partial charge in [0.05, 0.1) is 16.9 Å². The molecule has 104 valence electrons. The Kier molecular flexibility index (Phi) is 4.01. The number of ketones is 1. The van der Waals surface area contributed by atoms with Crippen molar-refractivity contribution in [2.75, 3.05) is 12.4 Å². The third-order valence-corrected chi connectivity index (χ3v) is 5.48. The lowest BCUT2D eigenvalue weighted by atomic mass is 10.1. The van der Waals surface area contributed by atoms with Crippen molar-refractivity contribution >= 4 is 15.6 Å². The highest BCUT2D eigenvalue weighted by molar-refractivity contribution is 7.92. The quantitative estimate of drug-likeness (QED) is 0.789. The monoisotopic (exact) mass is 286 g/mol. The van der Waals surface area contributed by atoms with Crippen molar-refractivity contribution in [1.82, 2.24) is 0 Å². The summed E-state index contributed by atoms with van der Waals surface area (Å²) in [6.07, 6.45) is -0.0351. The Hall–Kier alpha value is -1.27. The molecule has 2 atom stereocenters. The Labute approximate surface area is 111 Å². The molecule has 6 heteroatoms. The SMILES string of the molecule is CC1OCCC1S(=O)(=O)CC(=O)c1ccccc1F. The molecule has 0 amide bonds. The summed E-state index contributed by atoms with van der Waals surface area (Å²) in [5.74, 6) is -2.08. The van der Waals surface area contributed by atoms with Gasteiger partial charge in [-0.15, -0.1) is 0 Å². The first-order chi connectivity index (χ1) is 8.92. The van der Waals surface area contributed by atoms with Gasteiger partial charge in [0.1, 0.15) is 11.6 Å². The first kappa shape index (κ1) is 14.1. The maximum absolute atomic E-state index is 13.4. The van der Waals surface area contributed by atoms with Crippen molar-refractivity contribution in [3.8, 4) is 0 Å². The van der Waals surface area contributed by atoms with E-state index in [2.05, 4.69) is 0 Å². The van der Waals surface area contributed by atoms with Crippen LogP contribution in [0.5, 0.6) is 0 Å². The molecule has 0 saturated carbocycles. The predicted molar refractivity (Wildman–Crippen MR) is 68.3 cm³/mol. The Balaban J connectivity index is 2.17. The molecule has 0 N–H and O–H groups in total. The number of Topliss-reactive ketones (excluding diaryl/α,β-unsaturated/α-hetero) is 1. The van der Waals surface area contributed by atoms with E-state index in [-0.39, 0.29) is 5.56 Å². The summed E-state index contributed by atoms with van der Waals surface area (Å²) < 4.78 is 42.9. The summed E-state index contributed by atoms with van der Waals surface area (Å²) in [5, 5.41) is -0.678. The van der Waals surface area contributed by atoms with E-state index in [1.807, 2.05) is 0 Å². The molecule has 4 nitrogen and oxygen atoms in total. The maximum Gasteiger partial charge on any atom is 0.180 e. The summed E-state index contributed by atoms with van der Waals surface area (Å²) >= 11 is 0. The average molecular weight is 286 g/mol. The van der Waals surface area contributed by atoms with Gasteiger partial charge in [0.2, 0.25) is 0 Å². The van der Waals surface area contributed by atoms with Crippen molar-refractivity contribution < 1.29 is 22.3 Å². The van der Waals surface area contributed by atoms with Crippen LogP contribution in [0.3, 0.4) is 0 Å². The number of halogens is 1. The van der Waals surface area contributed by atoms with Crippen LogP contribution in [-0.2, 0) is 14.6 Å². The van der Waals surface area contributed by atoms with Crippen LogP contribution in [0.15, 0.2) is 24.3 Å². The Bertz CT molecular complexity index is 582. The van der Waals surface area contributed by atoms with Crippen molar-refractivity contribution in [3.63, 3.8) is 0 Å². The molecule has 19 heavy (non-hydrogen) atoms. The van der Waals surface area contributed by atoms with Crippen molar-refractivity contribution in [3.05, 3.63) is 35.6 Å². The number of hydrogen-bond donors (Lipinski definition) is 0. The van der Waals surface area contributed by atoms with Crippen molar-refractivity contribution in [1.29, 1.82) is 0 Å². The second-order valence-corrected chi connectivity index (χ2v) is 6.83. The maximum atomic E-state index is 13.4. The lowest BCUT2D eigenvalue weighted by Gasteiger charge is -2.14. The fourth-order valence-corrected chi connectivity index (χ4v) is 4.09. The van der Waals surface area contributed by atoms with Crippen molar-refractivity contribution in [2.24, 2.45) is 0 Å². The van der Waals surface area contributed by atoms with Gasteiger partial charge in [-0.25, -0.2) is 12.8 Å². The highest BCUT2D eigenvalue weighted by atomic mass is 32.2. The van der Waals surface area contributed by atoms with Gasteiger partial charge in [0, 0.05) is 6.61 Å². The predicted octanol–water partition coefficient (Wildman–Crippen LogP) is 1.60. The molecule has 1 aromatic rings. The number of carbonyl (C=O) groups excluding carboxylic acids is 1. The lowest BCUT2D eigenvalue weighted by molar-refractivity contribution is 0.101. The molecule has 1 saturated heterocycles. The molecular formula is C13H15FO4S. The molecular weight excluding hydrogens is 271 g/mol. The topological polar surface area (TPSA) is 60.4 Å². The van der Waals surface area contributed by atoms with E-state index >= 15 is 0 Å². The minimum Gasteiger partial charge on any atom is -0.377 e. The summed E-state index contributed by atoms with van der Waals surface area (Å²) in [6, 6.07) is 5.39. The van der Waals surface area contributed by atoms with Gasteiger partial charge in [-0.05, 0) is 25.5 Å². The Morgan fingerprint density at radius 1 is 1.42 bits per heavy atom. The molecule has 1 heterocycles. The average Bonchev–Trinajstić information content (AvgIpc) is 2.76. The van der Waals surface area contributed by atoms with Crippen LogP contribution in [0.2, 0.25) is 0 Å². The molecule has 0 aromatic heterocycles. The third-order valence-electron chi connectivity index (χ3n) is 3.27. The van der Waals surface area contributed by atoms with Gasteiger partial charge in [0.25, 0.3) is 0 Å². The van der Waals surface area contributed by atoms with E-state index in [1.54, 1.807) is 6.92 Å². The van der Waals surface area contributed by atoms with Crippen LogP contribution in [0, 0.1) is 5.82 Å². The van der Waals surface area contributed by atoms with E-state index in [0.29, 0.717) is 13.0 Å². The second-order valence-electron chi connectivity index (χ2n) is 4.61. The molecule has 2 unspecified atom stereocenters. The van der Waals surface area contributed by atoms with Gasteiger partial charge in [-0.1, -0.05) is 12.1 Å². The van der Waals surface area contributed by atoms with Gasteiger partial charge < -0.3 is 4.74 Å². The Morgan fingerprint density at radius 3 is 2.68 bits per heavy atom. The zero-order valence-corrected chi connectivity index (χ0v) is 11.3. The Morgan fingerprint density at radius 2 is 2.11 bits per heavy atom. The van der Waals surface area contributed by atoms with Gasteiger partial charge in [-0.2, -0.15) is 0 Å². The van der Waals surface area contributed by atoms with E-state index in [4.69, 9.17) is 4.74 Å². The summed E-state index contributed by atoms with van der Waals surface area (Å²) in [7, 11) is -3.61. The standard InChI is InChI=1S/C13H15FO4S/c1-9-13(6-7-18-9)19(16,17)8-12(15)10-4-2-3-5-11(10)14/h2-5,9,13H,6-8H2,1H3. The highest BCUT2D eigenvalue weighted by Gasteiger charge is 2.37. The minimum absolute atomic E-state index is 0.183. The van der Waals surface area contributed by atoms with Crippen LogP contribution >= 0.6 is 0 Å². The first-order valence-electron chi connectivity index (χ1n) is 6.03. The normalized spacial score (nSPS) is 23.5. The van der Waals surface area contributed by atoms with Gasteiger partial charge in [0.15, 0.2) is 15.6 Å². The molecule has 2 rings (SSSR count). The van der Waals surface area contributed by atoms with Crippen LogP contribution in [0.4, 0.5) is 4.39 Å². The van der Waals surface area contributed by atoms with E-state index in [9.17, 15) is 17.6 Å². The zero-order chi connectivity index (χ0) is 14.0. The molecule has 0 radical (unpaired) electrons. The molecule has 1 aromatic carbocycles. The second kappa shape index (κ2) is 5.38. The number of carbonyl (C=O) groups is 1. The summed E-state index contributed by atoms with van der Waals surface area (Å²) in [5.41, 5.74) is -0.183. The van der Waals surface area contributed by atoms with Crippen LogP contribution < -0.4 is 0 Å². The molecule has 1 aliphatic rings. The molecule has 0 bridgehead atoms. The molecule has 1 fully saturated rings. The van der Waals surface area contributed by atoms with Crippen LogP contribution in [0.25, 0.3) is 0 Å². The number of hydrogen-bond acceptors (Lipinski definition) is 4. The summed E-state index contributed by atoms with van der Waals surface area (Å²) in [6.45, 7) is 2.04. The highest BCUT2D eigenvalue weighted by Crippen LogP contribution is 2.22. The molecule has 0 spiro atoms. The zero-order valence-electron chi connectivity index (χ0n) is 10.5. The van der Waals surface area contributed by atoms with Gasteiger partial charge in [-0.3, -0.25) is 4.79 Å². The van der Waals surface area contributed by atoms with Gasteiger partial charge >= 0.3 is 0 Å². The number of rotatable bonds is 4. The van der Waals surface area contributed by atoms with Crippen LogP contribution in [-0.4, -0.2) is 37.9 Å². The number of sulfone groups is 1.